The molecular weight excluding hydrogens is 214 g/mol. The molecule has 0 aromatic carbocycles. The van der Waals surface area contributed by atoms with E-state index in [0.717, 1.165) is 25.0 Å². The Morgan fingerprint density at radius 3 is 2.87 bits per heavy atom. The average Bonchev–Trinajstić information content (AvgIpc) is 2.20. The van der Waals surface area contributed by atoms with Gasteiger partial charge in [-0.3, -0.25) is 9.69 Å². The van der Waals surface area contributed by atoms with Crippen LogP contribution in [0.3, 0.4) is 0 Å². The first kappa shape index (κ1) is 12.5. The van der Waals surface area contributed by atoms with Gasteiger partial charge >= 0.3 is 5.97 Å². The molecule has 1 fully saturated rings. The molecule has 3 nitrogen and oxygen atoms in total. The molecule has 1 aliphatic heterocycles. The first-order valence-electron chi connectivity index (χ1n) is 5.27. The van der Waals surface area contributed by atoms with Crippen molar-refractivity contribution in [1.29, 1.82) is 0 Å². The minimum absolute atomic E-state index is 0.347. The summed E-state index contributed by atoms with van der Waals surface area (Å²) < 4.78 is 0. The lowest BCUT2D eigenvalue weighted by atomic mass is 9.92. The van der Waals surface area contributed by atoms with Gasteiger partial charge in [-0.25, -0.2) is 0 Å². The van der Waals surface area contributed by atoms with Gasteiger partial charge in [-0.1, -0.05) is 18.5 Å². The second-order valence-corrected chi connectivity index (χ2v) is 4.63. The summed E-state index contributed by atoms with van der Waals surface area (Å²) in [4.78, 5) is 13.1. The molecule has 4 heteroatoms. The lowest BCUT2D eigenvalue weighted by Gasteiger charge is -2.36. The first-order chi connectivity index (χ1) is 7.04. The molecule has 86 valence electrons. The lowest BCUT2D eigenvalue weighted by molar-refractivity contribution is -0.145. The summed E-state index contributed by atoms with van der Waals surface area (Å²) in [5.74, 6) is -0.216. The van der Waals surface area contributed by atoms with Crippen LogP contribution in [-0.2, 0) is 4.79 Å². The van der Waals surface area contributed by atoms with Gasteiger partial charge in [0.25, 0.3) is 0 Å². The largest absolute Gasteiger partial charge is 0.480 e. The number of rotatable bonds is 3. The van der Waals surface area contributed by atoms with Crippen molar-refractivity contribution in [3.05, 3.63) is 11.1 Å². The Morgan fingerprint density at radius 2 is 2.33 bits per heavy atom. The number of hydrogen-bond acceptors (Lipinski definition) is 2. The SMILES string of the molecule is CC(=CCl)CN1CCC(C)CC1C(=O)O. The molecule has 15 heavy (non-hydrogen) atoms. The van der Waals surface area contributed by atoms with Crippen molar-refractivity contribution in [1.82, 2.24) is 4.90 Å². The molecule has 0 spiro atoms. The van der Waals surface area contributed by atoms with Gasteiger partial charge in [0.1, 0.15) is 6.04 Å². The van der Waals surface area contributed by atoms with E-state index >= 15 is 0 Å². The van der Waals surface area contributed by atoms with Crippen LogP contribution in [0.2, 0.25) is 0 Å². The molecule has 0 aromatic rings. The van der Waals surface area contributed by atoms with Gasteiger partial charge in [-0.15, -0.1) is 0 Å². The van der Waals surface area contributed by atoms with E-state index in [9.17, 15) is 4.79 Å². The highest BCUT2D eigenvalue weighted by Crippen LogP contribution is 2.23. The van der Waals surface area contributed by atoms with Crippen LogP contribution in [0, 0.1) is 5.92 Å². The number of likely N-dealkylation sites (tertiary alicyclic amines) is 1. The van der Waals surface area contributed by atoms with E-state index in [1.165, 1.54) is 5.54 Å². The monoisotopic (exact) mass is 231 g/mol. The summed E-state index contributed by atoms with van der Waals surface area (Å²) in [6, 6.07) is -0.347. The van der Waals surface area contributed by atoms with E-state index in [-0.39, 0.29) is 6.04 Å². The van der Waals surface area contributed by atoms with Gasteiger partial charge in [-0.05, 0) is 37.8 Å². The normalized spacial score (nSPS) is 29.1. The van der Waals surface area contributed by atoms with Gasteiger partial charge in [0.05, 0.1) is 0 Å². The predicted octanol–water partition coefficient (Wildman–Crippen LogP) is 2.31. The highest BCUT2D eigenvalue weighted by molar-refractivity contribution is 6.25. The van der Waals surface area contributed by atoms with E-state index in [4.69, 9.17) is 16.7 Å². The number of carboxylic acid groups (broad SMARTS) is 1. The smallest absolute Gasteiger partial charge is 0.320 e. The third kappa shape index (κ3) is 3.50. The van der Waals surface area contributed by atoms with Crippen molar-refractivity contribution in [2.75, 3.05) is 13.1 Å². The fourth-order valence-corrected chi connectivity index (χ4v) is 2.06. The standard InChI is InChI=1S/C11H18ClNO2/c1-8-3-4-13(7-9(2)6-12)10(5-8)11(14)15/h6,8,10H,3-5,7H2,1-2H3,(H,14,15). The van der Waals surface area contributed by atoms with E-state index in [1.807, 2.05) is 11.8 Å². The van der Waals surface area contributed by atoms with E-state index < -0.39 is 5.97 Å². The summed E-state index contributed by atoms with van der Waals surface area (Å²) in [6.45, 7) is 5.54. The molecule has 1 aliphatic rings. The van der Waals surface area contributed by atoms with Crippen LogP contribution in [0.1, 0.15) is 26.7 Å². The molecule has 0 bridgehead atoms. The van der Waals surface area contributed by atoms with Crippen LogP contribution in [0.25, 0.3) is 0 Å². The molecule has 0 aromatic heterocycles. The number of carboxylic acids is 1. The Labute approximate surface area is 95.7 Å². The van der Waals surface area contributed by atoms with Gasteiger partial charge in [0.15, 0.2) is 0 Å². The fraction of sp³-hybridized carbons (Fsp3) is 0.727. The van der Waals surface area contributed by atoms with Crippen LogP contribution in [-0.4, -0.2) is 35.1 Å². The van der Waals surface area contributed by atoms with Gasteiger partial charge < -0.3 is 5.11 Å². The van der Waals surface area contributed by atoms with Crippen LogP contribution >= 0.6 is 11.6 Å². The lowest BCUT2D eigenvalue weighted by Crippen LogP contribution is -2.47. The number of piperidine rings is 1. The van der Waals surface area contributed by atoms with Crippen LogP contribution in [0.4, 0.5) is 0 Å². The number of halogens is 1. The molecule has 2 unspecified atom stereocenters. The molecule has 1 rings (SSSR count). The molecular formula is C11H18ClNO2. The van der Waals surface area contributed by atoms with Crippen molar-refractivity contribution in [3.63, 3.8) is 0 Å². The summed E-state index contributed by atoms with van der Waals surface area (Å²) >= 11 is 5.59. The van der Waals surface area contributed by atoms with Gasteiger partial charge in [0, 0.05) is 12.1 Å². The zero-order valence-electron chi connectivity index (χ0n) is 9.24. The Bertz CT molecular complexity index is 265. The van der Waals surface area contributed by atoms with E-state index in [2.05, 4.69) is 6.92 Å². The average molecular weight is 232 g/mol. The maximum absolute atomic E-state index is 11.1. The zero-order valence-corrected chi connectivity index (χ0v) is 10.00. The van der Waals surface area contributed by atoms with Crippen molar-refractivity contribution in [2.45, 2.75) is 32.7 Å². The molecule has 1 N–H and O–H groups in total. The Kier molecular flexibility index (Phi) is 4.61. The molecule has 1 heterocycles. The van der Waals surface area contributed by atoms with Crippen LogP contribution in [0.15, 0.2) is 11.1 Å². The van der Waals surface area contributed by atoms with Gasteiger partial charge in [0.2, 0.25) is 0 Å². The molecule has 0 amide bonds. The Hall–Kier alpha value is -0.540. The van der Waals surface area contributed by atoms with Crippen molar-refractivity contribution < 1.29 is 9.90 Å². The number of aliphatic carboxylic acids is 1. The first-order valence-corrected chi connectivity index (χ1v) is 5.71. The second kappa shape index (κ2) is 5.52. The highest BCUT2D eigenvalue weighted by Gasteiger charge is 2.31. The maximum atomic E-state index is 11.1. The molecule has 0 saturated carbocycles. The number of carbonyl (C=O) groups is 1. The molecule has 0 radical (unpaired) electrons. The summed E-state index contributed by atoms with van der Waals surface area (Å²) in [5.41, 5.74) is 2.54. The molecule has 0 aliphatic carbocycles. The Morgan fingerprint density at radius 1 is 1.67 bits per heavy atom. The summed E-state index contributed by atoms with van der Waals surface area (Å²) in [6.07, 6.45) is 1.81. The zero-order chi connectivity index (χ0) is 11.4. The third-order valence-corrected chi connectivity index (χ3v) is 3.27. The summed E-state index contributed by atoms with van der Waals surface area (Å²) in [5, 5.41) is 9.12. The number of hydrogen-bond donors (Lipinski definition) is 1. The summed E-state index contributed by atoms with van der Waals surface area (Å²) in [7, 11) is 0. The van der Waals surface area contributed by atoms with E-state index in [1.54, 1.807) is 0 Å². The quantitative estimate of drug-likeness (QED) is 0.811. The Balaban J connectivity index is 2.64. The maximum Gasteiger partial charge on any atom is 0.320 e. The second-order valence-electron chi connectivity index (χ2n) is 4.41. The van der Waals surface area contributed by atoms with Crippen LogP contribution in [0.5, 0.6) is 0 Å². The van der Waals surface area contributed by atoms with Crippen molar-refractivity contribution in [2.24, 2.45) is 5.92 Å². The topological polar surface area (TPSA) is 40.5 Å². The van der Waals surface area contributed by atoms with Gasteiger partial charge in [-0.2, -0.15) is 0 Å². The molecule has 1 saturated heterocycles. The van der Waals surface area contributed by atoms with Crippen molar-refractivity contribution >= 4 is 17.6 Å². The minimum atomic E-state index is -0.719. The predicted molar refractivity (Wildman–Crippen MR) is 61.0 cm³/mol. The highest BCUT2D eigenvalue weighted by atomic mass is 35.5. The van der Waals surface area contributed by atoms with Crippen LogP contribution < -0.4 is 0 Å². The molecule has 2 atom stereocenters. The van der Waals surface area contributed by atoms with E-state index in [0.29, 0.717) is 12.5 Å². The minimum Gasteiger partial charge on any atom is -0.480 e. The fourth-order valence-electron chi connectivity index (χ4n) is 1.99. The third-order valence-electron chi connectivity index (χ3n) is 2.90. The number of nitrogens with zero attached hydrogens (tertiary/aromatic N) is 1. The van der Waals surface area contributed by atoms with Crippen molar-refractivity contribution in [3.8, 4) is 0 Å².